The van der Waals surface area contributed by atoms with Crippen molar-refractivity contribution >= 4 is 17.7 Å². The van der Waals surface area contributed by atoms with Crippen molar-refractivity contribution in [2.45, 2.75) is 72.1 Å². The maximum Gasteiger partial charge on any atom is 0.404 e. The van der Waals surface area contributed by atoms with Gasteiger partial charge in [0, 0.05) is 47.2 Å². The molecule has 0 unspecified atom stereocenters. The van der Waals surface area contributed by atoms with Gasteiger partial charge in [-0.15, -0.1) is 6.42 Å². The number of nitrogens with two attached hydrogens (primary N) is 1. The molecule has 35 heavy (non-hydrogen) atoms. The predicted molar refractivity (Wildman–Crippen MR) is 137 cm³/mol. The van der Waals surface area contributed by atoms with E-state index in [-0.39, 0.29) is 30.2 Å². The third kappa shape index (κ3) is 6.04. The van der Waals surface area contributed by atoms with Gasteiger partial charge < -0.3 is 25.7 Å². The number of terminal acetylenes is 1. The molecule has 2 aromatic rings. The van der Waals surface area contributed by atoms with E-state index in [4.69, 9.17) is 16.9 Å². The lowest BCUT2D eigenvalue weighted by Crippen LogP contribution is -2.41. The summed E-state index contributed by atoms with van der Waals surface area (Å²) in [5.74, 6) is 2.38. The molecule has 186 valence electrons. The lowest BCUT2D eigenvalue weighted by Gasteiger charge is -2.38. The average Bonchev–Trinajstić information content (AvgIpc) is 2.80. The second-order valence-corrected chi connectivity index (χ2v) is 9.09. The van der Waals surface area contributed by atoms with Crippen LogP contribution in [0.1, 0.15) is 70.9 Å². The molecule has 0 radical (unpaired) electrons. The van der Waals surface area contributed by atoms with E-state index in [2.05, 4.69) is 28.0 Å². The number of amides is 2. The predicted octanol–water partition coefficient (Wildman–Crippen LogP) is 3.44. The third-order valence-electron chi connectivity index (χ3n) is 6.73. The van der Waals surface area contributed by atoms with Gasteiger partial charge in [-0.25, -0.2) is 4.79 Å². The highest BCUT2D eigenvalue weighted by molar-refractivity contribution is 5.97. The Bertz CT molecular complexity index is 1200. The highest BCUT2D eigenvalue weighted by atomic mass is 16.6. The minimum absolute atomic E-state index is 0.122. The maximum atomic E-state index is 13.2. The number of pyridine rings is 1. The molecule has 1 saturated carbocycles. The van der Waals surface area contributed by atoms with Gasteiger partial charge in [0.05, 0.1) is 0 Å². The second kappa shape index (κ2) is 11.1. The van der Waals surface area contributed by atoms with Crippen molar-refractivity contribution in [3.8, 4) is 12.3 Å². The van der Waals surface area contributed by atoms with Crippen molar-refractivity contribution in [2.75, 3.05) is 11.4 Å². The summed E-state index contributed by atoms with van der Waals surface area (Å²) in [6.07, 6.45) is 7.97. The van der Waals surface area contributed by atoms with Crippen LogP contribution in [-0.2, 0) is 11.3 Å². The Kier molecular flexibility index (Phi) is 8.23. The number of H-pyrrole nitrogens is 1. The summed E-state index contributed by atoms with van der Waals surface area (Å²) >= 11 is 0. The van der Waals surface area contributed by atoms with Crippen molar-refractivity contribution in [1.29, 1.82) is 0 Å². The van der Waals surface area contributed by atoms with E-state index >= 15 is 0 Å². The number of ether oxygens (including phenoxy) is 1. The zero-order valence-electron chi connectivity index (χ0n) is 20.9. The van der Waals surface area contributed by atoms with Crippen LogP contribution in [0.25, 0.3) is 0 Å². The Hall–Kier alpha value is -3.73. The van der Waals surface area contributed by atoms with Crippen LogP contribution in [0.4, 0.5) is 10.5 Å². The molecule has 0 atom stereocenters. The number of benzene rings is 1. The van der Waals surface area contributed by atoms with Crippen LogP contribution >= 0.6 is 0 Å². The van der Waals surface area contributed by atoms with Gasteiger partial charge in [-0.1, -0.05) is 5.92 Å². The molecule has 8 heteroatoms. The fraction of sp³-hybridized carbons (Fsp3) is 0.444. The Morgan fingerprint density at radius 1 is 1.20 bits per heavy atom. The molecule has 1 aliphatic rings. The lowest BCUT2D eigenvalue weighted by atomic mass is 9.90. The van der Waals surface area contributed by atoms with Crippen LogP contribution in [0, 0.1) is 33.1 Å². The fourth-order valence-electron chi connectivity index (χ4n) is 4.95. The number of aryl methyl sites for hydroxylation is 2. The van der Waals surface area contributed by atoms with Gasteiger partial charge in [-0.2, -0.15) is 0 Å². The van der Waals surface area contributed by atoms with E-state index in [1.165, 1.54) is 0 Å². The number of primary amides is 1. The van der Waals surface area contributed by atoms with E-state index < -0.39 is 6.09 Å². The molecule has 1 aromatic carbocycles. The van der Waals surface area contributed by atoms with E-state index in [0.717, 1.165) is 54.7 Å². The maximum absolute atomic E-state index is 13.2. The summed E-state index contributed by atoms with van der Waals surface area (Å²) in [5, 5.41) is 2.89. The summed E-state index contributed by atoms with van der Waals surface area (Å²) < 4.78 is 5.17. The number of nitrogens with one attached hydrogen (secondary N) is 2. The van der Waals surface area contributed by atoms with Gasteiger partial charge in [-0.3, -0.25) is 9.59 Å². The van der Waals surface area contributed by atoms with Gasteiger partial charge in [0.2, 0.25) is 0 Å². The highest BCUT2D eigenvalue weighted by Gasteiger charge is 2.29. The average molecular weight is 479 g/mol. The molecule has 8 nitrogen and oxygen atoms in total. The minimum atomic E-state index is -0.739. The van der Waals surface area contributed by atoms with Crippen LogP contribution in [0.15, 0.2) is 23.0 Å². The number of aromatic amines is 1. The number of anilines is 1. The van der Waals surface area contributed by atoms with E-state index in [0.29, 0.717) is 16.7 Å². The lowest BCUT2D eigenvalue weighted by molar-refractivity contribution is 0.0784. The SMILES string of the molecule is C#Cc1cc(C(=O)NCc2c(C)cc(C)[nH]c2=O)c(C)c(N(CC)C2CCC(OC(N)=O)CC2)c1. The quantitative estimate of drug-likeness (QED) is 0.527. The van der Waals surface area contributed by atoms with Gasteiger partial charge in [0.15, 0.2) is 0 Å². The number of aromatic nitrogens is 1. The molecular formula is C27H34N4O4. The van der Waals surface area contributed by atoms with Crippen molar-refractivity contribution in [3.63, 3.8) is 0 Å². The summed E-state index contributed by atoms with van der Waals surface area (Å²) in [6.45, 7) is 8.52. The summed E-state index contributed by atoms with van der Waals surface area (Å²) in [7, 11) is 0. The molecule has 1 aliphatic carbocycles. The Morgan fingerprint density at radius 3 is 2.46 bits per heavy atom. The number of hydrogen-bond acceptors (Lipinski definition) is 5. The van der Waals surface area contributed by atoms with Gasteiger partial charge in [-0.05, 0) is 82.7 Å². The van der Waals surface area contributed by atoms with Crippen LogP contribution in [-0.4, -0.2) is 35.7 Å². The smallest absolute Gasteiger partial charge is 0.404 e. The van der Waals surface area contributed by atoms with Gasteiger partial charge >= 0.3 is 6.09 Å². The molecule has 1 fully saturated rings. The molecule has 1 heterocycles. The van der Waals surface area contributed by atoms with Gasteiger partial charge in [0.1, 0.15) is 6.10 Å². The number of nitrogens with zero attached hydrogens (tertiary/aromatic N) is 1. The number of rotatable bonds is 7. The van der Waals surface area contributed by atoms with Crippen molar-refractivity contribution in [3.05, 3.63) is 62.1 Å². The van der Waals surface area contributed by atoms with Crippen molar-refractivity contribution < 1.29 is 14.3 Å². The summed E-state index contributed by atoms with van der Waals surface area (Å²) in [4.78, 5) is 41.7. The molecule has 2 amide bonds. The summed E-state index contributed by atoms with van der Waals surface area (Å²) in [5.41, 5.74) is 9.94. The van der Waals surface area contributed by atoms with Crippen LogP contribution in [0.2, 0.25) is 0 Å². The minimum Gasteiger partial charge on any atom is -0.446 e. The standard InChI is InChI=1S/C27H34N4O4/c1-6-19-13-22(25(32)29-15-23-16(3)12-17(4)30-26(23)33)18(5)24(14-19)31(7-2)20-8-10-21(11-9-20)35-27(28)34/h1,12-14,20-21H,7-11,15H2,2-5H3,(H2,28,34)(H,29,32)(H,30,33). The first-order valence-electron chi connectivity index (χ1n) is 12.0. The third-order valence-corrected chi connectivity index (χ3v) is 6.73. The normalized spacial score (nSPS) is 17.3. The van der Waals surface area contributed by atoms with E-state index in [9.17, 15) is 14.4 Å². The zero-order chi connectivity index (χ0) is 25.7. The molecule has 1 aromatic heterocycles. The Morgan fingerprint density at radius 2 is 1.89 bits per heavy atom. The topological polar surface area (TPSA) is 118 Å². The molecule has 0 aliphatic heterocycles. The molecule has 0 saturated heterocycles. The first kappa shape index (κ1) is 25.9. The molecule has 4 N–H and O–H groups in total. The molecule has 0 bridgehead atoms. The monoisotopic (exact) mass is 478 g/mol. The largest absolute Gasteiger partial charge is 0.446 e. The summed E-state index contributed by atoms with van der Waals surface area (Å²) in [6, 6.07) is 5.76. The van der Waals surface area contributed by atoms with Crippen molar-refractivity contribution in [2.24, 2.45) is 5.73 Å². The van der Waals surface area contributed by atoms with E-state index in [1.54, 1.807) is 6.07 Å². The number of carbonyl (C=O) groups is 2. The highest BCUT2D eigenvalue weighted by Crippen LogP contribution is 2.32. The molecular weight excluding hydrogens is 444 g/mol. The fourth-order valence-corrected chi connectivity index (χ4v) is 4.95. The van der Waals surface area contributed by atoms with Crippen LogP contribution < -0.4 is 21.5 Å². The van der Waals surface area contributed by atoms with Gasteiger partial charge in [0.25, 0.3) is 11.5 Å². The Balaban J connectivity index is 1.84. The number of carbonyl (C=O) groups excluding carboxylic acids is 2. The number of hydrogen-bond donors (Lipinski definition) is 3. The first-order chi connectivity index (χ1) is 16.6. The van der Waals surface area contributed by atoms with Crippen molar-refractivity contribution in [1.82, 2.24) is 10.3 Å². The zero-order valence-corrected chi connectivity index (χ0v) is 20.9. The van der Waals surface area contributed by atoms with Crippen LogP contribution in [0.3, 0.4) is 0 Å². The van der Waals surface area contributed by atoms with E-state index in [1.807, 2.05) is 32.9 Å². The Labute approximate surface area is 206 Å². The second-order valence-electron chi connectivity index (χ2n) is 9.09. The first-order valence-corrected chi connectivity index (χ1v) is 12.0. The van der Waals surface area contributed by atoms with Crippen LogP contribution in [0.5, 0.6) is 0 Å². The molecule has 0 spiro atoms. The molecule has 3 rings (SSSR count).